The van der Waals surface area contributed by atoms with Gasteiger partial charge in [-0.3, -0.25) is 4.79 Å². The smallest absolute Gasteiger partial charge is 0.224 e. The molecule has 0 spiro atoms. The van der Waals surface area contributed by atoms with Crippen molar-refractivity contribution in [3.05, 3.63) is 23.8 Å². The number of aryl methyl sites for hydroxylation is 1. The second-order valence-corrected chi connectivity index (χ2v) is 4.01. The summed E-state index contributed by atoms with van der Waals surface area (Å²) in [5.74, 6) is 0.795. The van der Waals surface area contributed by atoms with Crippen LogP contribution >= 0.6 is 12.6 Å². The fraction of sp³-hybridized carbons (Fsp3) is 0.364. The minimum atomic E-state index is 0.109. The highest BCUT2D eigenvalue weighted by molar-refractivity contribution is 7.80. The molecule has 80 valence electrons. The third-order valence-electron chi connectivity index (χ3n) is 2.64. The zero-order valence-corrected chi connectivity index (χ0v) is 9.55. The lowest BCUT2D eigenvalue weighted by Crippen LogP contribution is -2.20. The van der Waals surface area contributed by atoms with Crippen molar-refractivity contribution in [2.75, 3.05) is 23.1 Å². The molecule has 0 aliphatic carbocycles. The Morgan fingerprint density at radius 2 is 2.27 bits per heavy atom. The minimum absolute atomic E-state index is 0.109. The Bertz CT molecular complexity index is 392. The molecule has 0 unspecified atom stereocenters. The van der Waals surface area contributed by atoms with Gasteiger partial charge in [-0.15, -0.1) is 0 Å². The van der Waals surface area contributed by atoms with Crippen LogP contribution in [-0.4, -0.2) is 18.8 Å². The zero-order chi connectivity index (χ0) is 10.8. The van der Waals surface area contributed by atoms with Gasteiger partial charge in [0.1, 0.15) is 0 Å². The van der Waals surface area contributed by atoms with E-state index in [9.17, 15) is 4.79 Å². The molecule has 1 aliphatic rings. The van der Waals surface area contributed by atoms with Gasteiger partial charge in [0, 0.05) is 24.8 Å². The summed E-state index contributed by atoms with van der Waals surface area (Å²) in [6.07, 6.45) is 1.41. The number of hydrogen-bond acceptors (Lipinski definition) is 3. The fourth-order valence-electron chi connectivity index (χ4n) is 1.69. The average Bonchev–Trinajstić information content (AvgIpc) is 2.27. The van der Waals surface area contributed by atoms with E-state index < -0.39 is 0 Å². The van der Waals surface area contributed by atoms with Crippen LogP contribution in [0.5, 0.6) is 0 Å². The predicted molar refractivity (Wildman–Crippen MR) is 65.6 cm³/mol. The number of fused-ring (bicyclic) bond motifs is 1. The third-order valence-corrected chi connectivity index (χ3v) is 3.06. The molecule has 0 radical (unpaired) electrons. The van der Waals surface area contributed by atoms with E-state index in [1.54, 1.807) is 0 Å². The lowest BCUT2D eigenvalue weighted by molar-refractivity contribution is -0.116. The number of carbonyl (C=O) groups is 1. The molecular weight excluding hydrogens is 208 g/mol. The molecule has 15 heavy (non-hydrogen) atoms. The summed E-state index contributed by atoms with van der Waals surface area (Å²) in [6.45, 7) is 0. The van der Waals surface area contributed by atoms with Crippen molar-refractivity contribution in [2.45, 2.75) is 12.8 Å². The van der Waals surface area contributed by atoms with Crippen molar-refractivity contribution >= 4 is 29.9 Å². The molecule has 1 aliphatic heterocycles. The van der Waals surface area contributed by atoms with E-state index in [-0.39, 0.29) is 5.91 Å². The second kappa shape index (κ2) is 4.14. The van der Waals surface area contributed by atoms with Gasteiger partial charge in [0.15, 0.2) is 0 Å². The SMILES string of the molecule is CN(CS)c1ccc2c(c1)CCC(=O)N2. The normalized spacial score (nSPS) is 14.4. The van der Waals surface area contributed by atoms with Crippen molar-refractivity contribution in [2.24, 2.45) is 0 Å². The highest BCUT2D eigenvalue weighted by atomic mass is 32.1. The van der Waals surface area contributed by atoms with Crippen LogP contribution in [0.4, 0.5) is 11.4 Å². The molecule has 0 fully saturated rings. The number of thiol groups is 1. The molecule has 0 aromatic heterocycles. The van der Waals surface area contributed by atoms with Crippen LogP contribution in [0.2, 0.25) is 0 Å². The zero-order valence-electron chi connectivity index (χ0n) is 8.66. The molecule has 4 heteroatoms. The van der Waals surface area contributed by atoms with Crippen LogP contribution in [0.1, 0.15) is 12.0 Å². The summed E-state index contributed by atoms with van der Waals surface area (Å²) in [5.41, 5.74) is 3.29. The van der Waals surface area contributed by atoms with E-state index in [2.05, 4.69) is 28.9 Å². The van der Waals surface area contributed by atoms with E-state index in [0.29, 0.717) is 12.3 Å². The molecule has 1 amide bonds. The van der Waals surface area contributed by atoms with Gasteiger partial charge in [-0.2, -0.15) is 12.6 Å². The van der Waals surface area contributed by atoms with Crippen LogP contribution in [-0.2, 0) is 11.2 Å². The Balaban J connectivity index is 2.30. The van der Waals surface area contributed by atoms with Gasteiger partial charge >= 0.3 is 0 Å². The van der Waals surface area contributed by atoms with Gasteiger partial charge in [-0.05, 0) is 30.2 Å². The van der Waals surface area contributed by atoms with Crippen molar-refractivity contribution in [3.8, 4) is 0 Å². The van der Waals surface area contributed by atoms with E-state index >= 15 is 0 Å². The van der Waals surface area contributed by atoms with Crippen LogP contribution < -0.4 is 10.2 Å². The molecule has 1 heterocycles. The maximum absolute atomic E-state index is 11.2. The van der Waals surface area contributed by atoms with E-state index in [4.69, 9.17) is 0 Å². The maximum Gasteiger partial charge on any atom is 0.224 e. The number of anilines is 2. The monoisotopic (exact) mass is 222 g/mol. The standard InChI is InChI=1S/C11H14N2OS/c1-13(7-15)9-3-4-10-8(6-9)2-5-11(14)12-10/h3-4,6,15H,2,5,7H2,1H3,(H,12,14). The van der Waals surface area contributed by atoms with Crippen molar-refractivity contribution < 1.29 is 4.79 Å². The molecule has 0 saturated carbocycles. The van der Waals surface area contributed by atoms with Crippen LogP contribution in [0.3, 0.4) is 0 Å². The van der Waals surface area contributed by atoms with Crippen LogP contribution in [0, 0.1) is 0 Å². The summed E-state index contributed by atoms with van der Waals surface area (Å²) in [4.78, 5) is 13.2. The first-order valence-corrected chi connectivity index (χ1v) is 5.58. The van der Waals surface area contributed by atoms with Gasteiger partial charge in [-0.25, -0.2) is 0 Å². The predicted octanol–water partition coefficient (Wildman–Crippen LogP) is 1.89. The highest BCUT2D eigenvalue weighted by Crippen LogP contribution is 2.27. The Labute approximate surface area is 94.9 Å². The number of benzene rings is 1. The first-order chi connectivity index (χ1) is 7.20. The first-order valence-electron chi connectivity index (χ1n) is 4.95. The van der Waals surface area contributed by atoms with Crippen LogP contribution in [0.25, 0.3) is 0 Å². The quantitative estimate of drug-likeness (QED) is 0.591. The highest BCUT2D eigenvalue weighted by Gasteiger charge is 2.15. The summed E-state index contributed by atoms with van der Waals surface area (Å²) >= 11 is 4.22. The summed E-state index contributed by atoms with van der Waals surface area (Å²) < 4.78 is 0. The largest absolute Gasteiger partial charge is 0.366 e. The molecule has 3 nitrogen and oxygen atoms in total. The Morgan fingerprint density at radius 1 is 1.47 bits per heavy atom. The van der Waals surface area contributed by atoms with Gasteiger partial charge in [0.05, 0.1) is 5.88 Å². The second-order valence-electron chi connectivity index (χ2n) is 3.73. The summed E-state index contributed by atoms with van der Waals surface area (Å²) in [5, 5.41) is 2.87. The molecule has 1 aromatic rings. The lowest BCUT2D eigenvalue weighted by Gasteiger charge is -2.21. The minimum Gasteiger partial charge on any atom is -0.366 e. The first kappa shape index (κ1) is 10.4. The van der Waals surface area contributed by atoms with Crippen molar-refractivity contribution in [3.63, 3.8) is 0 Å². The van der Waals surface area contributed by atoms with Crippen LogP contribution in [0.15, 0.2) is 18.2 Å². The third kappa shape index (κ3) is 2.09. The van der Waals surface area contributed by atoms with Gasteiger partial charge in [-0.1, -0.05) is 0 Å². The molecular formula is C11H14N2OS. The molecule has 2 rings (SSSR count). The van der Waals surface area contributed by atoms with E-state index in [0.717, 1.165) is 17.8 Å². The summed E-state index contributed by atoms with van der Waals surface area (Å²) in [6, 6.07) is 6.08. The molecule has 0 bridgehead atoms. The van der Waals surface area contributed by atoms with Gasteiger partial charge < -0.3 is 10.2 Å². The Hall–Kier alpha value is -1.16. The van der Waals surface area contributed by atoms with Crippen molar-refractivity contribution in [1.82, 2.24) is 0 Å². The Kier molecular flexibility index (Phi) is 2.86. The fourth-order valence-corrected chi connectivity index (χ4v) is 1.85. The van der Waals surface area contributed by atoms with Gasteiger partial charge in [0.2, 0.25) is 5.91 Å². The lowest BCUT2D eigenvalue weighted by atomic mass is 10.0. The molecule has 0 atom stereocenters. The molecule has 0 saturated heterocycles. The number of nitrogens with zero attached hydrogens (tertiary/aromatic N) is 1. The van der Waals surface area contributed by atoms with E-state index in [1.165, 1.54) is 5.56 Å². The van der Waals surface area contributed by atoms with E-state index in [1.807, 2.05) is 19.2 Å². The Morgan fingerprint density at radius 3 is 3.00 bits per heavy atom. The molecule has 1 N–H and O–H groups in total. The number of amides is 1. The number of carbonyl (C=O) groups excluding carboxylic acids is 1. The topological polar surface area (TPSA) is 32.3 Å². The molecule has 1 aromatic carbocycles. The summed E-state index contributed by atoms with van der Waals surface area (Å²) in [7, 11) is 2.00. The van der Waals surface area contributed by atoms with Gasteiger partial charge in [0.25, 0.3) is 0 Å². The number of rotatable bonds is 2. The average molecular weight is 222 g/mol. The maximum atomic E-state index is 11.2. The number of nitrogens with one attached hydrogen (secondary N) is 1. The number of hydrogen-bond donors (Lipinski definition) is 2. The van der Waals surface area contributed by atoms with Crippen molar-refractivity contribution in [1.29, 1.82) is 0 Å².